The van der Waals surface area contributed by atoms with Crippen LogP contribution in [0.1, 0.15) is 5.69 Å². The van der Waals surface area contributed by atoms with E-state index in [4.69, 9.17) is 0 Å². The van der Waals surface area contributed by atoms with Gasteiger partial charge < -0.3 is 0 Å². The zero-order valence-electron chi connectivity index (χ0n) is 7.90. The molecule has 5 heteroatoms. The third-order valence-electron chi connectivity index (χ3n) is 2.24. The molecule has 0 radical (unpaired) electrons. The maximum Gasteiger partial charge on any atom is 0.279 e. The van der Waals surface area contributed by atoms with Crippen molar-refractivity contribution >= 4 is 32.4 Å². The lowest BCUT2D eigenvalue weighted by atomic mass is 10.1. The SMILES string of the molecule is Cc1nccc2c(Br)ccc([N+](=O)[O-])c12. The number of benzene rings is 1. The van der Waals surface area contributed by atoms with Crippen molar-refractivity contribution in [2.45, 2.75) is 6.92 Å². The molecule has 0 atom stereocenters. The van der Waals surface area contributed by atoms with Gasteiger partial charge in [0.2, 0.25) is 0 Å². The molecule has 0 fully saturated rings. The number of fused-ring (bicyclic) bond motifs is 1. The maximum absolute atomic E-state index is 10.8. The van der Waals surface area contributed by atoms with Gasteiger partial charge in [0.05, 0.1) is 16.0 Å². The van der Waals surface area contributed by atoms with E-state index >= 15 is 0 Å². The fourth-order valence-corrected chi connectivity index (χ4v) is 2.03. The van der Waals surface area contributed by atoms with Crippen molar-refractivity contribution in [2.24, 2.45) is 0 Å². The number of non-ortho nitro benzene ring substituents is 1. The van der Waals surface area contributed by atoms with E-state index in [1.807, 2.05) is 0 Å². The monoisotopic (exact) mass is 266 g/mol. The second-order valence-electron chi connectivity index (χ2n) is 3.14. The molecule has 76 valence electrons. The van der Waals surface area contributed by atoms with Crippen LogP contribution >= 0.6 is 15.9 Å². The first-order valence-electron chi connectivity index (χ1n) is 4.29. The van der Waals surface area contributed by atoms with Gasteiger partial charge in [-0.15, -0.1) is 0 Å². The second-order valence-corrected chi connectivity index (χ2v) is 4.00. The van der Waals surface area contributed by atoms with Crippen LogP contribution in [0.25, 0.3) is 10.8 Å². The first-order valence-corrected chi connectivity index (χ1v) is 5.09. The Morgan fingerprint density at radius 3 is 2.80 bits per heavy atom. The Bertz CT molecular complexity index is 554. The molecular formula is C10H7BrN2O2. The molecule has 0 aliphatic heterocycles. The van der Waals surface area contributed by atoms with Gasteiger partial charge in [0.1, 0.15) is 0 Å². The molecule has 2 rings (SSSR count). The molecule has 1 heterocycles. The van der Waals surface area contributed by atoms with Gasteiger partial charge in [0.25, 0.3) is 5.69 Å². The molecule has 0 unspecified atom stereocenters. The van der Waals surface area contributed by atoms with Crippen LogP contribution in [-0.4, -0.2) is 9.91 Å². The van der Waals surface area contributed by atoms with Crippen LogP contribution in [0.5, 0.6) is 0 Å². The lowest BCUT2D eigenvalue weighted by Crippen LogP contribution is -1.93. The molecule has 0 spiro atoms. The molecule has 15 heavy (non-hydrogen) atoms. The number of hydrogen-bond donors (Lipinski definition) is 0. The highest BCUT2D eigenvalue weighted by Crippen LogP contribution is 2.32. The Labute approximate surface area is 94.2 Å². The summed E-state index contributed by atoms with van der Waals surface area (Å²) in [6.07, 6.45) is 1.64. The number of pyridine rings is 1. The Balaban J connectivity index is 2.96. The Kier molecular flexibility index (Phi) is 2.40. The van der Waals surface area contributed by atoms with Crippen LogP contribution in [0.2, 0.25) is 0 Å². The Hall–Kier alpha value is -1.49. The minimum Gasteiger partial charge on any atom is -0.261 e. The van der Waals surface area contributed by atoms with Crippen LogP contribution in [0.15, 0.2) is 28.9 Å². The highest BCUT2D eigenvalue weighted by Gasteiger charge is 2.15. The second kappa shape index (κ2) is 3.58. The molecular weight excluding hydrogens is 260 g/mol. The standard InChI is InChI=1S/C10H7BrN2O2/c1-6-10-7(4-5-12-6)8(11)2-3-9(10)13(14)15/h2-5H,1H3. The van der Waals surface area contributed by atoms with Gasteiger partial charge >= 0.3 is 0 Å². The molecule has 0 aliphatic carbocycles. The lowest BCUT2D eigenvalue weighted by molar-refractivity contribution is -0.383. The molecule has 0 bridgehead atoms. The highest BCUT2D eigenvalue weighted by atomic mass is 79.9. The summed E-state index contributed by atoms with van der Waals surface area (Å²) < 4.78 is 0.841. The Morgan fingerprint density at radius 2 is 2.13 bits per heavy atom. The van der Waals surface area contributed by atoms with Gasteiger partial charge in [-0.3, -0.25) is 15.1 Å². The predicted molar refractivity (Wildman–Crippen MR) is 60.8 cm³/mol. The fourth-order valence-electron chi connectivity index (χ4n) is 1.57. The Morgan fingerprint density at radius 1 is 1.40 bits per heavy atom. The average Bonchev–Trinajstić information content (AvgIpc) is 2.19. The number of halogens is 1. The van der Waals surface area contributed by atoms with Gasteiger partial charge in [0, 0.05) is 22.1 Å². The van der Waals surface area contributed by atoms with Gasteiger partial charge in [-0.25, -0.2) is 0 Å². The van der Waals surface area contributed by atoms with Gasteiger partial charge in [-0.1, -0.05) is 15.9 Å². The van der Waals surface area contributed by atoms with Crippen molar-refractivity contribution in [1.82, 2.24) is 4.98 Å². The van der Waals surface area contributed by atoms with Crippen LogP contribution < -0.4 is 0 Å². The molecule has 0 saturated carbocycles. The van der Waals surface area contributed by atoms with E-state index < -0.39 is 0 Å². The smallest absolute Gasteiger partial charge is 0.261 e. The minimum absolute atomic E-state index is 0.0961. The van der Waals surface area contributed by atoms with Crippen molar-refractivity contribution in [3.8, 4) is 0 Å². The number of hydrogen-bond acceptors (Lipinski definition) is 3. The van der Waals surface area contributed by atoms with Crippen LogP contribution in [0.3, 0.4) is 0 Å². The van der Waals surface area contributed by atoms with E-state index in [1.54, 1.807) is 25.3 Å². The van der Waals surface area contributed by atoms with E-state index in [0.717, 1.165) is 9.86 Å². The third-order valence-corrected chi connectivity index (χ3v) is 2.93. The summed E-state index contributed by atoms with van der Waals surface area (Å²) in [7, 11) is 0. The van der Waals surface area contributed by atoms with Crippen molar-refractivity contribution in [2.75, 3.05) is 0 Å². The largest absolute Gasteiger partial charge is 0.279 e. The lowest BCUT2D eigenvalue weighted by Gasteiger charge is -2.03. The zero-order chi connectivity index (χ0) is 11.0. The van der Waals surface area contributed by atoms with E-state index in [0.29, 0.717) is 11.1 Å². The fraction of sp³-hybridized carbons (Fsp3) is 0.100. The molecule has 0 saturated heterocycles. The molecule has 4 nitrogen and oxygen atoms in total. The van der Waals surface area contributed by atoms with Crippen LogP contribution in [0.4, 0.5) is 5.69 Å². The minimum atomic E-state index is -0.385. The van der Waals surface area contributed by atoms with Gasteiger partial charge in [0.15, 0.2) is 0 Å². The van der Waals surface area contributed by atoms with E-state index in [2.05, 4.69) is 20.9 Å². The molecule has 1 aromatic heterocycles. The first-order chi connectivity index (χ1) is 7.11. The highest BCUT2D eigenvalue weighted by molar-refractivity contribution is 9.10. The summed E-state index contributed by atoms with van der Waals surface area (Å²) in [6.45, 7) is 1.77. The van der Waals surface area contributed by atoms with Crippen LogP contribution in [-0.2, 0) is 0 Å². The van der Waals surface area contributed by atoms with E-state index in [-0.39, 0.29) is 10.6 Å². The quantitative estimate of drug-likeness (QED) is 0.588. The third kappa shape index (κ3) is 1.59. The summed E-state index contributed by atoms with van der Waals surface area (Å²) in [6, 6.07) is 4.93. The zero-order valence-corrected chi connectivity index (χ0v) is 9.48. The van der Waals surface area contributed by atoms with E-state index in [1.165, 1.54) is 6.07 Å². The summed E-state index contributed by atoms with van der Waals surface area (Å²) in [4.78, 5) is 14.5. The number of aromatic nitrogens is 1. The first kappa shape index (κ1) is 10.0. The number of rotatable bonds is 1. The maximum atomic E-state index is 10.8. The number of aryl methyl sites for hydroxylation is 1. The topological polar surface area (TPSA) is 56.0 Å². The number of nitro groups is 1. The van der Waals surface area contributed by atoms with Gasteiger partial charge in [-0.2, -0.15) is 0 Å². The summed E-state index contributed by atoms with van der Waals surface area (Å²) in [5.74, 6) is 0. The van der Waals surface area contributed by atoms with Crippen molar-refractivity contribution < 1.29 is 4.92 Å². The molecule has 0 N–H and O–H groups in total. The molecule has 2 aromatic rings. The number of nitro benzene ring substituents is 1. The average molecular weight is 267 g/mol. The van der Waals surface area contributed by atoms with Gasteiger partial charge in [-0.05, 0) is 19.1 Å². The summed E-state index contributed by atoms with van der Waals surface area (Å²) in [5, 5.41) is 12.3. The number of nitrogens with zero attached hydrogens (tertiary/aromatic N) is 2. The predicted octanol–water partition coefficient (Wildman–Crippen LogP) is 3.21. The molecule has 1 aromatic carbocycles. The van der Waals surface area contributed by atoms with E-state index in [9.17, 15) is 10.1 Å². The summed E-state index contributed by atoms with van der Waals surface area (Å²) in [5.41, 5.74) is 0.763. The molecule has 0 aliphatic rings. The molecule has 0 amide bonds. The van der Waals surface area contributed by atoms with Crippen molar-refractivity contribution in [3.63, 3.8) is 0 Å². The van der Waals surface area contributed by atoms with Crippen LogP contribution in [0, 0.1) is 17.0 Å². The summed E-state index contributed by atoms with van der Waals surface area (Å²) >= 11 is 3.36. The van der Waals surface area contributed by atoms with Crippen molar-refractivity contribution in [1.29, 1.82) is 0 Å². The normalized spacial score (nSPS) is 10.5. The van der Waals surface area contributed by atoms with Crippen molar-refractivity contribution in [3.05, 3.63) is 44.7 Å².